The topological polar surface area (TPSA) is 87.2 Å². The van der Waals surface area contributed by atoms with Gasteiger partial charge < -0.3 is 5.73 Å². The highest BCUT2D eigenvalue weighted by Gasteiger charge is 2.32. The van der Waals surface area contributed by atoms with Crippen LogP contribution < -0.4 is 5.73 Å². The van der Waals surface area contributed by atoms with Gasteiger partial charge in [-0.2, -0.15) is 9.57 Å². The van der Waals surface area contributed by atoms with E-state index in [0.29, 0.717) is 18.7 Å². The molecular formula is C14H18ClN3O2S. The summed E-state index contributed by atoms with van der Waals surface area (Å²) in [5.41, 5.74) is 6.23. The van der Waals surface area contributed by atoms with E-state index in [1.165, 1.54) is 22.5 Å². The lowest BCUT2D eigenvalue weighted by Crippen LogP contribution is -2.45. The Bertz CT molecular complexity index is 667. The molecule has 2 unspecified atom stereocenters. The van der Waals surface area contributed by atoms with Crippen LogP contribution in [0.1, 0.15) is 25.3 Å². The van der Waals surface area contributed by atoms with Gasteiger partial charge in [0.15, 0.2) is 0 Å². The summed E-state index contributed by atoms with van der Waals surface area (Å²) in [4.78, 5) is 0.0495. The van der Waals surface area contributed by atoms with Crippen molar-refractivity contribution in [1.29, 1.82) is 5.26 Å². The Morgan fingerprint density at radius 3 is 2.81 bits per heavy atom. The first-order valence-electron chi connectivity index (χ1n) is 6.81. The minimum Gasteiger partial charge on any atom is -0.328 e. The maximum atomic E-state index is 12.7. The summed E-state index contributed by atoms with van der Waals surface area (Å²) >= 11 is 6.03. The van der Waals surface area contributed by atoms with Gasteiger partial charge in [0.05, 0.1) is 16.7 Å². The average molecular weight is 328 g/mol. The predicted molar refractivity (Wildman–Crippen MR) is 81.3 cm³/mol. The maximum Gasteiger partial charge on any atom is 0.244 e. The zero-order valence-electron chi connectivity index (χ0n) is 11.8. The van der Waals surface area contributed by atoms with Crippen molar-refractivity contribution >= 4 is 21.6 Å². The fourth-order valence-electron chi connectivity index (χ4n) is 2.54. The van der Waals surface area contributed by atoms with Crippen molar-refractivity contribution in [2.45, 2.75) is 30.7 Å². The van der Waals surface area contributed by atoms with Crippen LogP contribution in [-0.4, -0.2) is 31.9 Å². The van der Waals surface area contributed by atoms with Crippen LogP contribution in [0.3, 0.4) is 0 Å². The molecule has 7 heteroatoms. The third kappa shape index (κ3) is 3.38. The Morgan fingerprint density at radius 2 is 2.24 bits per heavy atom. The van der Waals surface area contributed by atoms with Crippen LogP contribution in [-0.2, 0) is 10.0 Å². The molecule has 2 N–H and O–H groups in total. The summed E-state index contributed by atoms with van der Waals surface area (Å²) in [6.45, 7) is 2.79. The molecule has 1 aromatic rings. The molecule has 0 bridgehead atoms. The second-order valence-electron chi connectivity index (χ2n) is 5.38. The van der Waals surface area contributed by atoms with Gasteiger partial charge >= 0.3 is 0 Å². The van der Waals surface area contributed by atoms with E-state index in [4.69, 9.17) is 22.6 Å². The molecule has 0 amide bonds. The molecule has 1 heterocycles. The quantitative estimate of drug-likeness (QED) is 0.919. The number of hydrogen-bond donors (Lipinski definition) is 1. The van der Waals surface area contributed by atoms with Gasteiger partial charge in [-0.05, 0) is 43.9 Å². The van der Waals surface area contributed by atoms with Gasteiger partial charge in [-0.15, -0.1) is 0 Å². The molecule has 1 saturated heterocycles. The number of benzene rings is 1. The number of sulfonamides is 1. The lowest BCUT2D eigenvalue weighted by atomic mass is 9.93. The minimum atomic E-state index is -3.65. The Morgan fingerprint density at radius 1 is 1.52 bits per heavy atom. The molecular weight excluding hydrogens is 310 g/mol. The Labute approximate surface area is 130 Å². The van der Waals surface area contributed by atoms with Crippen molar-refractivity contribution in [3.05, 3.63) is 28.8 Å². The maximum absolute atomic E-state index is 12.7. The molecule has 2 rings (SSSR count). The summed E-state index contributed by atoms with van der Waals surface area (Å²) in [6.07, 6.45) is 1.73. The first kappa shape index (κ1) is 16.2. The van der Waals surface area contributed by atoms with E-state index in [1.54, 1.807) is 0 Å². The van der Waals surface area contributed by atoms with Crippen LogP contribution in [0.5, 0.6) is 0 Å². The monoisotopic (exact) mass is 327 g/mol. The lowest BCUT2D eigenvalue weighted by molar-refractivity contribution is 0.243. The Hall–Kier alpha value is -1.13. The summed E-state index contributed by atoms with van der Waals surface area (Å²) in [5, 5.41) is 8.90. The number of nitriles is 1. The predicted octanol–water partition coefficient (Wildman–Crippen LogP) is 1.96. The first-order chi connectivity index (χ1) is 9.86. The Balaban J connectivity index is 2.32. The van der Waals surface area contributed by atoms with Gasteiger partial charge in [-0.1, -0.05) is 11.6 Å². The fourth-order valence-corrected chi connectivity index (χ4v) is 4.59. The lowest BCUT2D eigenvalue weighted by Gasteiger charge is -2.33. The minimum absolute atomic E-state index is 0.0422. The van der Waals surface area contributed by atoms with Crippen molar-refractivity contribution in [2.24, 2.45) is 11.7 Å². The highest BCUT2D eigenvalue weighted by Crippen LogP contribution is 2.29. The molecule has 5 nitrogen and oxygen atoms in total. The van der Waals surface area contributed by atoms with E-state index in [-0.39, 0.29) is 21.9 Å². The molecule has 0 aromatic heterocycles. The van der Waals surface area contributed by atoms with Crippen LogP contribution in [0.25, 0.3) is 0 Å². The van der Waals surface area contributed by atoms with Crippen molar-refractivity contribution in [2.75, 3.05) is 13.1 Å². The van der Waals surface area contributed by atoms with Crippen molar-refractivity contribution in [3.8, 4) is 6.07 Å². The third-order valence-corrected chi connectivity index (χ3v) is 6.19. The highest BCUT2D eigenvalue weighted by molar-refractivity contribution is 7.89. The van der Waals surface area contributed by atoms with Crippen LogP contribution in [0, 0.1) is 17.2 Å². The number of piperidine rings is 1. The largest absolute Gasteiger partial charge is 0.328 e. The zero-order valence-corrected chi connectivity index (χ0v) is 13.4. The SMILES string of the molecule is CC(N)C1CCCN(S(=O)(=O)c2ccc(C#N)cc2Cl)C1. The molecule has 1 fully saturated rings. The van der Waals surface area contributed by atoms with E-state index in [9.17, 15) is 8.42 Å². The van der Waals surface area contributed by atoms with Crippen LogP contribution >= 0.6 is 11.6 Å². The van der Waals surface area contributed by atoms with Crippen LogP contribution in [0.2, 0.25) is 5.02 Å². The van der Waals surface area contributed by atoms with Gasteiger partial charge in [-0.25, -0.2) is 8.42 Å². The van der Waals surface area contributed by atoms with Crippen LogP contribution in [0.15, 0.2) is 23.1 Å². The number of nitrogens with two attached hydrogens (primary N) is 1. The van der Waals surface area contributed by atoms with Crippen LogP contribution in [0.4, 0.5) is 0 Å². The number of nitrogens with zero attached hydrogens (tertiary/aromatic N) is 2. The average Bonchev–Trinajstić information content (AvgIpc) is 2.46. The number of rotatable bonds is 3. The molecule has 1 aliphatic rings. The molecule has 1 aromatic carbocycles. The van der Waals surface area contributed by atoms with Gasteiger partial charge in [0.25, 0.3) is 0 Å². The van der Waals surface area contributed by atoms with E-state index in [0.717, 1.165) is 12.8 Å². The van der Waals surface area contributed by atoms with Gasteiger partial charge in [0.2, 0.25) is 10.0 Å². The molecule has 21 heavy (non-hydrogen) atoms. The second-order valence-corrected chi connectivity index (χ2v) is 7.70. The normalized spacial score (nSPS) is 21.7. The Kier molecular flexibility index (Phi) is 4.89. The smallest absolute Gasteiger partial charge is 0.244 e. The van der Waals surface area contributed by atoms with E-state index < -0.39 is 10.0 Å². The number of halogens is 1. The third-order valence-electron chi connectivity index (χ3n) is 3.84. The molecule has 2 atom stereocenters. The first-order valence-corrected chi connectivity index (χ1v) is 8.63. The summed E-state index contributed by atoms with van der Waals surface area (Å²) < 4.78 is 26.8. The molecule has 0 saturated carbocycles. The number of hydrogen-bond acceptors (Lipinski definition) is 4. The standard InChI is InChI=1S/C14H18ClN3O2S/c1-10(17)12-3-2-6-18(9-12)21(19,20)14-5-4-11(8-16)7-13(14)15/h4-5,7,10,12H,2-3,6,9,17H2,1H3. The van der Waals surface area contributed by atoms with Crippen molar-refractivity contribution in [1.82, 2.24) is 4.31 Å². The summed E-state index contributed by atoms with van der Waals surface area (Å²) in [7, 11) is -3.65. The van der Waals surface area contributed by atoms with Gasteiger partial charge in [0.1, 0.15) is 4.90 Å². The summed E-state index contributed by atoms with van der Waals surface area (Å²) in [6, 6.07) is 6.13. The summed E-state index contributed by atoms with van der Waals surface area (Å²) in [5.74, 6) is 0.158. The zero-order chi connectivity index (χ0) is 15.6. The van der Waals surface area contributed by atoms with Crippen molar-refractivity contribution < 1.29 is 8.42 Å². The fraction of sp³-hybridized carbons (Fsp3) is 0.500. The molecule has 1 aliphatic heterocycles. The van der Waals surface area contributed by atoms with Gasteiger partial charge in [0, 0.05) is 19.1 Å². The molecule has 114 valence electrons. The molecule has 0 spiro atoms. The highest BCUT2D eigenvalue weighted by atomic mass is 35.5. The van der Waals surface area contributed by atoms with E-state index >= 15 is 0 Å². The van der Waals surface area contributed by atoms with E-state index in [1.807, 2.05) is 13.0 Å². The second kappa shape index (κ2) is 6.32. The molecule has 0 aliphatic carbocycles. The van der Waals surface area contributed by atoms with Gasteiger partial charge in [-0.3, -0.25) is 0 Å². The van der Waals surface area contributed by atoms with Crippen molar-refractivity contribution in [3.63, 3.8) is 0 Å². The molecule has 0 radical (unpaired) electrons. The van der Waals surface area contributed by atoms with E-state index in [2.05, 4.69) is 0 Å².